The van der Waals surface area contributed by atoms with Crippen molar-refractivity contribution in [2.75, 3.05) is 6.54 Å². The smallest absolute Gasteiger partial charge is 0.124 e. The molecule has 0 saturated heterocycles. The van der Waals surface area contributed by atoms with Crippen LogP contribution in [-0.4, -0.2) is 17.8 Å². The largest absolute Gasteiger partial charge is 0.489 e. The van der Waals surface area contributed by atoms with Gasteiger partial charge in [0.25, 0.3) is 0 Å². The number of benzene rings is 3. The van der Waals surface area contributed by atoms with Crippen LogP contribution in [0.1, 0.15) is 23.6 Å². The summed E-state index contributed by atoms with van der Waals surface area (Å²) in [5.74, 6) is 0.887. The van der Waals surface area contributed by atoms with Gasteiger partial charge in [0.15, 0.2) is 0 Å². The van der Waals surface area contributed by atoms with Gasteiger partial charge in [-0.25, -0.2) is 0 Å². The van der Waals surface area contributed by atoms with E-state index in [-0.39, 0.29) is 6.10 Å². The summed E-state index contributed by atoms with van der Waals surface area (Å²) < 4.78 is 6.14. The monoisotopic (exact) mass is 335 g/mol. The van der Waals surface area contributed by atoms with Crippen LogP contribution in [0, 0.1) is 6.92 Å². The Morgan fingerprint density at radius 3 is 2.68 bits per heavy atom. The minimum Gasteiger partial charge on any atom is -0.489 e. The summed E-state index contributed by atoms with van der Waals surface area (Å²) in [7, 11) is 0. The third-order valence-corrected chi connectivity index (χ3v) is 4.22. The molecule has 0 radical (unpaired) electrons. The molecule has 0 spiro atoms. The van der Waals surface area contributed by atoms with Crippen molar-refractivity contribution in [1.29, 1.82) is 0 Å². The highest BCUT2D eigenvalue weighted by atomic mass is 16.5. The van der Waals surface area contributed by atoms with Crippen LogP contribution < -0.4 is 10.1 Å². The zero-order valence-corrected chi connectivity index (χ0v) is 14.8. The van der Waals surface area contributed by atoms with Gasteiger partial charge in [-0.3, -0.25) is 0 Å². The van der Waals surface area contributed by atoms with E-state index in [1.54, 1.807) is 6.92 Å². The summed E-state index contributed by atoms with van der Waals surface area (Å²) in [6.07, 6.45) is -0.369. The van der Waals surface area contributed by atoms with E-state index < -0.39 is 0 Å². The van der Waals surface area contributed by atoms with Gasteiger partial charge in [-0.2, -0.15) is 0 Å². The van der Waals surface area contributed by atoms with Crippen LogP contribution in [0.5, 0.6) is 5.75 Å². The molecule has 1 unspecified atom stereocenters. The van der Waals surface area contributed by atoms with Gasteiger partial charge in [-0.05, 0) is 36.2 Å². The van der Waals surface area contributed by atoms with Crippen molar-refractivity contribution in [2.24, 2.45) is 0 Å². The molecule has 3 aromatic carbocycles. The number of fused-ring (bicyclic) bond motifs is 1. The summed E-state index contributed by atoms with van der Waals surface area (Å²) in [6, 6.07) is 20.8. The molecule has 2 N–H and O–H groups in total. The molecular formula is C22H25NO2. The highest BCUT2D eigenvalue weighted by Gasteiger charge is 2.09. The summed E-state index contributed by atoms with van der Waals surface area (Å²) in [5, 5.41) is 15.2. The molecule has 0 aromatic heterocycles. The highest BCUT2D eigenvalue weighted by molar-refractivity contribution is 5.87. The lowest BCUT2D eigenvalue weighted by Gasteiger charge is -2.16. The van der Waals surface area contributed by atoms with Crippen LogP contribution in [0.15, 0.2) is 60.7 Å². The van der Waals surface area contributed by atoms with Crippen molar-refractivity contribution in [3.8, 4) is 5.75 Å². The fraction of sp³-hybridized carbons (Fsp3) is 0.273. The van der Waals surface area contributed by atoms with Crippen molar-refractivity contribution in [3.05, 3.63) is 77.4 Å². The first-order chi connectivity index (χ1) is 12.1. The van der Waals surface area contributed by atoms with E-state index >= 15 is 0 Å². The van der Waals surface area contributed by atoms with Crippen molar-refractivity contribution >= 4 is 10.8 Å². The summed E-state index contributed by atoms with van der Waals surface area (Å²) >= 11 is 0. The van der Waals surface area contributed by atoms with E-state index in [1.165, 1.54) is 16.3 Å². The molecule has 0 heterocycles. The Kier molecular flexibility index (Phi) is 5.69. The first-order valence-corrected chi connectivity index (χ1v) is 8.71. The Balaban J connectivity index is 1.85. The quantitative estimate of drug-likeness (QED) is 0.680. The Morgan fingerprint density at radius 2 is 1.88 bits per heavy atom. The van der Waals surface area contributed by atoms with E-state index in [1.807, 2.05) is 18.2 Å². The van der Waals surface area contributed by atoms with E-state index in [2.05, 4.69) is 54.7 Å². The first-order valence-electron chi connectivity index (χ1n) is 8.71. The van der Waals surface area contributed by atoms with Crippen molar-refractivity contribution in [1.82, 2.24) is 5.32 Å². The lowest BCUT2D eigenvalue weighted by molar-refractivity contribution is 0.190. The molecule has 3 aromatic rings. The van der Waals surface area contributed by atoms with Crippen LogP contribution in [0.4, 0.5) is 0 Å². The molecule has 0 aliphatic rings. The zero-order chi connectivity index (χ0) is 17.6. The maximum absolute atomic E-state index is 9.50. The lowest BCUT2D eigenvalue weighted by atomic mass is 10.0. The second-order valence-electron chi connectivity index (χ2n) is 6.52. The van der Waals surface area contributed by atoms with E-state index in [4.69, 9.17) is 4.74 Å². The molecule has 25 heavy (non-hydrogen) atoms. The maximum Gasteiger partial charge on any atom is 0.124 e. The molecule has 3 rings (SSSR count). The van der Waals surface area contributed by atoms with Gasteiger partial charge in [0.05, 0.1) is 6.10 Å². The van der Waals surface area contributed by atoms with Crippen molar-refractivity contribution in [3.63, 3.8) is 0 Å². The standard InChI is InChI=1S/C22H25NO2/c1-16-6-5-7-18(12-16)15-25-22-11-10-19-8-3-4-9-20(19)21(22)14-23-13-17(2)24/h3-12,17,23-24H,13-15H2,1-2H3. The highest BCUT2D eigenvalue weighted by Crippen LogP contribution is 2.28. The fourth-order valence-electron chi connectivity index (χ4n) is 3.00. The van der Waals surface area contributed by atoms with E-state index in [0.717, 1.165) is 16.9 Å². The molecule has 0 fully saturated rings. The molecule has 0 amide bonds. The maximum atomic E-state index is 9.50. The molecule has 0 bridgehead atoms. The van der Waals surface area contributed by atoms with Gasteiger partial charge >= 0.3 is 0 Å². The number of hydrogen-bond acceptors (Lipinski definition) is 3. The average molecular weight is 335 g/mol. The van der Waals surface area contributed by atoms with Gasteiger partial charge in [0.2, 0.25) is 0 Å². The van der Waals surface area contributed by atoms with Crippen LogP contribution in [0.3, 0.4) is 0 Å². The number of nitrogens with one attached hydrogen (secondary N) is 1. The molecular weight excluding hydrogens is 310 g/mol. The zero-order valence-electron chi connectivity index (χ0n) is 14.8. The van der Waals surface area contributed by atoms with Crippen LogP contribution in [0.2, 0.25) is 0 Å². The van der Waals surface area contributed by atoms with Crippen LogP contribution in [0.25, 0.3) is 10.8 Å². The molecule has 3 heteroatoms. The number of ether oxygens (including phenoxy) is 1. The summed E-state index contributed by atoms with van der Waals surface area (Å²) in [6.45, 7) is 5.63. The van der Waals surface area contributed by atoms with E-state index in [0.29, 0.717) is 19.7 Å². The predicted molar refractivity (Wildman–Crippen MR) is 103 cm³/mol. The summed E-state index contributed by atoms with van der Waals surface area (Å²) in [4.78, 5) is 0. The van der Waals surface area contributed by atoms with Crippen LogP contribution >= 0.6 is 0 Å². The Bertz CT molecular complexity index is 842. The number of aliphatic hydroxyl groups excluding tert-OH is 1. The lowest BCUT2D eigenvalue weighted by Crippen LogP contribution is -2.24. The number of aryl methyl sites for hydroxylation is 1. The fourth-order valence-corrected chi connectivity index (χ4v) is 3.00. The minimum atomic E-state index is -0.369. The van der Waals surface area contributed by atoms with Gasteiger partial charge in [-0.15, -0.1) is 0 Å². The van der Waals surface area contributed by atoms with Gasteiger partial charge in [-0.1, -0.05) is 60.2 Å². The number of rotatable bonds is 7. The summed E-state index contributed by atoms with van der Waals surface area (Å²) in [5.41, 5.74) is 3.53. The Hall–Kier alpha value is -2.36. The van der Waals surface area contributed by atoms with Crippen LogP contribution in [-0.2, 0) is 13.2 Å². The minimum absolute atomic E-state index is 0.369. The second kappa shape index (κ2) is 8.15. The second-order valence-corrected chi connectivity index (χ2v) is 6.52. The Labute approximate surface area is 149 Å². The molecule has 0 aliphatic carbocycles. The normalized spacial score (nSPS) is 12.3. The molecule has 3 nitrogen and oxygen atoms in total. The number of hydrogen-bond donors (Lipinski definition) is 2. The van der Waals surface area contributed by atoms with E-state index in [9.17, 15) is 5.11 Å². The molecule has 0 saturated carbocycles. The third-order valence-electron chi connectivity index (χ3n) is 4.22. The number of aliphatic hydroxyl groups is 1. The van der Waals surface area contributed by atoms with Crippen molar-refractivity contribution < 1.29 is 9.84 Å². The first kappa shape index (κ1) is 17.5. The third kappa shape index (κ3) is 4.59. The predicted octanol–water partition coefficient (Wildman–Crippen LogP) is 4.20. The van der Waals surface area contributed by atoms with Gasteiger partial charge in [0.1, 0.15) is 12.4 Å². The molecule has 0 aliphatic heterocycles. The topological polar surface area (TPSA) is 41.5 Å². The van der Waals surface area contributed by atoms with Gasteiger partial charge in [0, 0.05) is 18.7 Å². The van der Waals surface area contributed by atoms with Crippen molar-refractivity contribution in [2.45, 2.75) is 33.1 Å². The SMILES string of the molecule is Cc1cccc(COc2ccc3ccccc3c2CNCC(C)O)c1. The average Bonchev–Trinajstić information content (AvgIpc) is 2.60. The molecule has 130 valence electrons. The van der Waals surface area contributed by atoms with Gasteiger partial charge < -0.3 is 15.2 Å². The molecule has 1 atom stereocenters. The Morgan fingerprint density at radius 1 is 1.04 bits per heavy atom.